The molecule has 0 aromatic carbocycles. The summed E-state index contributed by atoms with van der Waals surface area (Å²) < 4.78 is 1.72. The van der Waals surface area contributed by atoms with E-state index in [1.54, 1.807) is 53.6 Å². The number of carbonyl (C=O) groups is 2. The summed E-state index contributed by atoms with van der Waals surface area (Å²) in [7, 11) is 0. The number of hydrogen-bond donors (Lipinski definition) is 2. The van der Waals surface area contributed by atoms with Gasteiger partial charge in [-0.1, -0.05) is 6.07 Å². The minimum absolute atomic E-state index is 0.00481. The van der Waals surface area contributed by atoms with E-state index in [1.165, 1.54) is 6.20 Å². The lowest BCUT2D eigenvalue weighted by atomic mass is 10.3. The van der Waals surface area contributed by atoms with E-state index in [1.807, 2.05) is 0 Å². The van der Waals surface area contributed by atoms with Gasteiger partial charge in [-0.3, -0.25) is 14.2 Å². The zero-order chi connectivity index (χ0) is 17.9. The maximum atomic E-state index is 12.4. The number of carbonyl (C=O) groups excluding carboxylic acids is 2. The van der Waals surface area contributed by atoms with Crippen molar-refractivity contribution in [2.45, 2.75) is 12.8 Å². The minimum atomic E-state index is -0.344. The number of nitrogens with one attached hydrogen (secondary N) is 2. The van der Waals surface area contributed by atoms with E-state index < -0.39 is 0 Å². The average molecular weight is 348 g/mol. The first-order valence-corrected chi connectivity index (χ1v) is 8.23. The average Bonchev–Trinajstić information content (AvgIpc) is 3.38. The fraction of sp³-hybridized carbons (Fsp3) is 0.167. The van der Waals surface area contributed by atoms with Gasteiger partial charge in [-0.15, -0.1) is 0 Å². The van der Waals surface area contributed by atoms with Gasteiger partial charge >= 0.3 is 0 Å². The highest BCUT2D eigenvalue weighted by Crippen LogP contribution is 2.29. The van der Waals surface area contributed by atoms with E-state index in [0.717, 1.165) is 12.8 Å². The molecule has 2 amide bonds. The fourth-order valence-electron chi connectivity index (χ4n) is 2.40. The van der Waals surface area contributed by atoms with Crippen LogP contribution in [-0.2, 0) is 4.79 Å². The highest BCUT2D eigenvalue weighted by Gasteiger charge is 2.29. The Morgan fingerprint density at radius 2 is 2.00 bits per heavy atom. The molecule has 1 saturated carbocycles. The molecule has 26 heavy (non-hydrogen) atoms. The van der Waals surface area contributed by atoms with Crippen molar-refractivity contribution in [1.82, 2.24) is 19.5 Å². The van der Waals surface area contributed by atoms with Gasteiger partial charge < -0.3 is 10.6 Å². The van der Waals surface area contributed by atoms with Gasteiger partial charge in [-0.25, -0.2) is 15.0 Å². The van der Waals surface area contributed by atoms with Crippen molar-refractivity contribution in [3.05, 3.63) is 60.9 Å². The molecule has 1 fully saturated rings. The summed E-state index contributed by atoms with van der Waals surface area (Å²) in [4.78, 5) is 36.6. The van der Waals surface area contributed by atoms with Crippen molar-refractivity contribution in [2.75, 3.05) is 10.6 Å². The lowest BCUT2D eigenvalue weighted by Crippen LogP contribution is -2.16. The monoisotopic (exact) mass is 348 g/mol. The SMILES string of the molecule is O=C(Nc1ccc(NC(=O)C2CC2)nc1)c1cccc(-n2ccnc2)n1. The van der Waals surface area contributed by atoms with Gasteiger partial charge in [0.05, 0.1) is 11.9 Å². The van der Waals surface area contributed by atoms with Crippen LogP contribution in [0.15, 0.2) is 55.2 Å². The minimum Gasteiger partial charge on any atom is -0.319 e. The van der Waals surface area contributed by atoms with E-state index >= 15 is 0 Å². The lowest BCUT2D eigenvalue weighted by molar-refractivity contribution is -0.117. The van der Waals surface area contributed by atoms with Crippen molar-refractivity contribution in [2.24, 2.45) is 5.92 Å². The second-order valence-corrected chi connectivity index (χ2v) is 6.00. The van der Waals surface area contributed by atoms with Crippen LogP contribution in [0.3, 0.4) is 0 Å². The predicted octanol–water partition coefficient (Wildman–Crippen LogP) is 2.26. The maximum Gasteiger partial charge on any atom is 0.274 e. The molecule has 8 heteroatoms. The largest absolute Gasteiger partial charge is 0.319 e. The van der Waals surface area contributed by atoms with Crippen molar-refractivity contribution < 1.29 is 9.59 Å². The van der Waals surface area contributed by atoms with Gasteiger partial charge in [0.2, 0.25) is 5.91 Å². The van der Waals surface area contributed by atoms with Crippen LogP contribution in [-0.4, -0.2) is 31.3 Å². The molecule has 8 nitrogen and oxygen atoms in total. The fourth-order valence-corrected chi connectivity index (χ4v) is 2.40. The number of aromatic nitrogens is 4. The van der Waals surface area contributed by atoms with Gasteiger partial charge in [0.25, 0.3) is 5.91 Å². The second kappa shape index (κ2) is 6.75. The molecule has 0 radical (unpaired) electrons. The van der Waals surface area contributed by atoms with Gasteiger partial charge in [-0.05, 0) is 37.1 Å². The van der Waals surface area contributed by atoms with Crippen LogP contribution in [0.1, 0.15) is 23.3 Å². The highest BCUT2D eigenvalue weighted by molar-refractivity contribution is 6.03. The Morgan fingerprint density at radius 1 is 1.12 bits per heavy atom. The molecule has 1 aliphatic carbocycles. The quantitative estimate of drug-likeness (QED) is 0.736. The van der Waals surface area contributed by atoms with Crippen LogP contribution in [0.25, 0.3) is 5.82 Å². The molecule has 0 bridgehead atoms. The molecular formula is C18H16N6O2. The second-order valence-electron chi connectivity index (χ2n) is 6.00. The Labute approximate surface area is 149 Å². The van der Waals surface area contributed by atoms with E-state index in [2.05, 4.69) is 25.6 Å². The molecule has 1 aliphatic rings. The first kappa shape index (κ1) is 15.9. The Hall–Kier alpha value is -3.55. The summed E-state index contributed by atoms with van der Waals surface area (Å²) in [6, 6.07) is 8.52. The molecule has 0 atom stereocenters. The number of rotatable bonds is 5. The number of pyridine rings is 2. The van der Waals surface area contributed by atoms with Gasteiger partial charge in [0, 0.05) is 18.3 Å². The lowest BCUT2D eigenvalue weighted by Gasteiger charge is -2.08. The Kier molecular flexibility index (Phi) is 4.14. The summed E-state index contributed by atoms with van der Waals surface area (Å²) in [5.41, 5.74) is 0.802. The normalized spacial score (nSPS) is 13.2. The first-order valence-electron chi connectivity index (χ1n) is 8.23. The van der Waals surface area contributed by atoms with Crippen LogP contribution >= 0.6 is 0 Å². The Bertz CT molecular complexity index is 933. The summed E-state index contributed by atoms with van der Waals surface area (Å²) in [5, 5.41) is 5.50. The molecular weight excluding hydrogens is 332 g/mol. The van der Waals surface area contributed by atoms with Crippen molar-refractivity contribution in [3.8, 4) is 5.82 Å². The summed E-state index contributed by atoms with van der Waals surface area (Å²) in [6.07, 6.45) is 8.38. The third-order valence-electron chi connectivity index (χ3n) is 3.96. The van der Waals surface area contributed by atoms with Crippen LogP contribution in [0.2, 0.25) is 0 Å². The standard InChI is InChI=1S/C18H16N6O2/c25-17(12-4-5-12)23-15-7-6-13(10-20-15)21-18(26)14-2-1-3-16(22-14)24-9-8-19-11-24/h1-3,6-12H,4-5H2,(H,21,26)(H,20,23,25). The smallest absolute Gasteiger partial charge is 0.274 e. The van der Waals surface area contributed by atoms with E-state index in [9.17, 15) is 9.59 Å². The third kappa shape index (κ3) is 3.59. The molecule has 3 aromatic rings. The third-order valence-corrected chi connectivity index (χ3v) is 3.96. The van der Waals surface area contributed by atoms with Crippen molar-refractivity contribution in [3.63, 3.8) is 0 Å². The van der Waals surface area contributed by atoms with Gasteiger partial charge in [0.15, 0.2) is 0 Å². The molecule has 2 N–H and O–H groups in total. The number of nitrogens with zero attached hydrogens (tertiary/aromatic N) is 4. The van der Waals surface area contributed by atoms with E-state index in [4.69, 9.17) is 0 Å². The predicted molar refractivity (Wildman–Crippen MR) is 94.9 cm³/mol. The highest BCUT2D eigenvalue weighted by atomic mass is 16.2. The van der Waals surface area contributed by atoms with Gasteiger partial charge in [0.1, 0.15) is 23.7 Å². The molecule has 3 heterocycles. The molecule has 4 rings (SSSR count). The van der Waals surface area contributed by atoms with Crippen molar-refractivity contribution in [1.29, 1.82) is 0 Å². The Morgan fingerprint density at radius 3 is 2.69 bits per heavy atom. The molecule has 0 aliphatic heterocycles. The maximum absolute atomic E-state index is 12.4. The van der Waals surface area contributed by atoms with Crippen LogP contribution < -0.4 is 10.6 Å². The van der Waals surface area contributed by atoms with Crippen molar-refractivity contribution >= 4 is 23.3 Å². The first-order chi connectivity index (χ1) is 12.7. The molecule has 0 saturated heterocycles. The van der Waals surface area contributed by atoms with Crippen LogP contribution in [0, 0.1) is 5.92 Å². The number of anilines is 2. The summed E-state index contributed by atoms with van der Waals surface area (Å²) in [6.45, 7) is 0. The topological polar surface area (TPSA) is 102 Å². The van der Waals surface area contributed by atoms with Crippen LogP contribution in [0.5, 0.6) is 0 Å². The number of amides is 2. The number of hydrogen-bond acceptors (Lipinski definition) is 5. The van der Waals surface area contributed by atoms with E-state index in [-0.39, 0.29) is 23.4 Å². The molecule has 130 valence electrons. The zero-order valence-electron chi connectivity index (χ0n) is 13.8. The summed E-state index contributed by atoms with van der Waals surface area (Å²) >= 11 is 0. The zero-order valence-corrected chi connectivity index (χ0v) is 13.8. The molecule has 0 spiro atoms. The van der Waals surface area contributed by atoms with Gasteiger partial charge in [-0.2, -0.15) is 0 Å². The van der Waals surface area contributed by atoms with Crippen LogP contribution in [0.4, 0.5) is 11.5 Å². The number of imidazole rings is 1. The summed E-state index contributed by atoms with van der Waals surface area (Å²) in [5.74, 6) is 0.843. The van der Waals surface area contributed by atoms with E-state index in [0.29, 0.717) is 17.3 Å². The molecule has 3 aromatic heterocycles. The Balaban J connectivity index is 1.43. The molecule has 0 unspecified atom stereocenters.